The summed E-state index contributed by atoms with van der Waals surface area (Å²) in [5, 5.41) is 5.51. The van der Waals surface area contributed by atoms with E-state index in [9.17, 15) is 4.79 Å². The van der Waals surface area contributed by atoms with Gasteiger partial charge in [0.1, 0.15) is 17.2 Å². The number of methoxy groups -OCH3 is 2. The van der Waals surface area contributed by atoms with E-state index in [0.717, 1.165) is 0 Å². The van der Waals surface area contributed by atoms with Crippen LogP contribution in [0.25, 0.3) is 0 Å². The summed E-state index contributed by atoms with van der Waals surface area (Å²) in [6.07, 6.45) is -0.784. The van der Waals surface area contributed by atoms with Crippen LogP contribution in [0.5, 0.6) is 28.7 Å². The lowest BCUT2D eigenvalue weighted by molar-refractivity contribution is -0.135. The Morgan fingerprint density at radius 1 is 1.10 bits per heavy atom. The molecule has 0 spiro atoms. The number of fused-ring (bicyclic) bond motifs is 1. The van der Waals surface area contributed by atoms with Crippen LogP contribution in [0.3, 0.4) is 0 Å². The monoisotopic (exact) mass is 400 g/mol. The van der Waals surface area contributed by atoms with Gasteiger partial charge in [-0.1, -0.05) is 0 Å². The van der Waals surface area contributed by atoms with Crippen molar-refractivity contribution in [3.05, 3.63) is 42.0 Å². The first-order valence-corrected chi connectivity index (χ1v) is 8.87. The second-order valence-corrected chi connectivity index (χ2v) is 6.24. The van der Waals surface area contributed by atoms with Crippen LogP contribution in [-0.4, -0.2) is 44.4 Å². The minimum atomic E-state index is -0.784. The Morgan fingerprint density at radius 3 is 2.66 bits per heavy atom. The fourth-order valence-electron chi connectivity index (χ4n) is 3.01. The fourth-order valence-corrected chi connectivity index (χ4v) is 3.01. The van der Waals surface area contributed by atoms with E-state index >= 15 is 0 Å². The van der Waals surface area contributed by atoms with Crippen LogP contribution >= 0.6 is 0 Å². The Hall–Kier alpha value is -3.62. The van der Waals surface area contributed by atoms with Gasteiger partial charge in [0.25, 0.3) is 0 Å². The van der Waals surface area contributed by atoms with Gasteiger partial charge >= 0.3 is 0 Å². The molecule has 0 saturated carbocycles. The predicted molar refractivity (Wildman–Crippen MR) is 101 cm³/mol. The molecule has 1 atom stereocenters. The molecular weight excluding hydrogens is 380 g/mol. The van der Waals surface area contributed by atoms with E-state index in [1.165, 1.54) is 11.9 Å². The largest absolute Gasteiger partial charge is 0.497 e. The SMILES string of the molecule is COc1ccc(OC)c(C2OC(COc3ccc4c(c3)OCO4)=NN2C(C)=O)c1. The molecule has 0 fully saturated rings. The number of benzene rings is 2. The van der Waals surface area contributed by atoms with Gasteiger partial charge < -0.3 is 28.4 Å². The molecule has 2 heterocycles. The van der Waals surface area contributed by atoms with Gasteiger partial charge in [0.2, 0.25) is 24.8 Å². The maximum Gasteiger partial charge on any atom is 0.247 e. The van der Waals surface area contributed by atoms with Gasteiger partial charge in [-0.25, -0.2) is 0 Å². The zero-order chi connectivity index (χ0) is 20.4. The Balaban J connectivity index is 1.52. The molecule has 4 rings (SSSR count). The molecule has 9 heteroatoms. The number of hydrogen-bond donors (Lipinski definition) is 0. The number of hydrazone groups is 1. The van der Waals surface area contributed by atoms with Crippen molar-refractivity contribution < 1.29 is 33.2 Å². The first kappa shape index (κ1) is 18.7. The second kappa shape index (κ2) is 7.78. The first-order chi connectivity index (χ1) is 14.1. The van der Waals surface area contributed by atoms with E-state index in [2.05, 4.69) is 5.10 Å². The minimum absolute atomic E-state index is 0.0339. The summed E-state index contributed by atoms with van der Waals surface area (Å²) in [5.41, 5.74) is 0.615. The third-order valence-electron chi connectivity index (χ3n) is 4.42. The van der Waals surface area contributed by atoms with Crippen LogP contribution in [0, 0.1) is 0 Å². The number of carbonyl (C=O) groups excluding carboxylic acids is 1. The molecule has 1 amide bonds. The van der Waals surface area contributed by atoms with E-state index in [1.807, 2.05) is 0 Å². The van der Waals surface area contributed by atoms with Crippen LogP contribution in [0.15, 0.2) is 41.5 Å². The second-order valence-electron chi connectivity index (χ2n) is 6.24. The van der Waals surface area contributed by atoms with Crippen molar-refractivity contribution >= 4 is 11.8 Å². The molecule has 0 saturated heterocycles. The highest BCUT2D eigenvalue weighted by Gasteiger charge is 2.35. The van der Waals surface area contributed by atoms with Crippen LogP contribution in [0.2, 0.25) is 0 Å². The Labute approximate surface area is 167 Å². The standard InChI is InChI=1S/C20H20N2O7/c1-12(23)22-20(15-8-13(24-2)4-6-16(15)25-3)29-19(21-22)10-26-14-5-7-17-18(9-14)28-11-27-17/h4-9,20H,10-11H2,1-3H3. The Kier molecular flexibility index (Phi) is 5.03. The van der Waals surface area contributed by atoms with Crippen molar-refractivity contribution in [3.8, 4) is 28.7 Å². The molecule has 2 aromatic carbocycles. The number of hydrogen-bond acceptors (Lipinski definition) is 8. The third-order valence-corrected chi connectivity index (χ3v) is 4.42. The van der Waals surface area contributed by atoms with Gasteiger partial charge in [-0.05, 0) is 30.3 Å². The zero-order valence-corrected chi connectivity index (χ0v) is 16.2. The summed E-state index contributed by atoms with van der Waals surface area (Å²) in [6.45, 7) is 1.63. The number of ether oxygens (including phenoxy) is 6. The molecule has 0 N–H and O–H groups in total. The average Bonchev–Trinajstić information content (AvgIpc) is 3.38. The van der Waals surface area contributed by atoms with Gasteiger partial charge in [0.15, 0.2) is 18.1 Å². The topological polar surface area (TPSA) is 88.1 Å². The molecule has 29 heavy (non-hydrogen) atoms. The van der Waals surface area contributed by atoms with Crippen molar-refractivity contribution in [2.45, 2.75) is 13.2 Å². The lowest BCUT2D eigenvalue weighted by atomic mass is 10.1. The normalized spacial score (nSPS) is 16.9. The summed E-state index contributed by atoms with van der Waals surface area (Å²) in [7, 11) is 3.11. The summed E-state index contributed by atoms with van der Waals surface area (Å²) in [4.78, 5) is 12.1. The molecule has 0 bridgehead atoms. The first-order valence-electron chi connectivity index (χ1n) is 8.87. The molecule has 2 aliphatic heterocycles. The van der Waals surface area contributed by atoms with Gasteiger partial charge in [-0.15, -0.1) is 5.10 Å². The van der Waals surface area contributed by atoms with Crippen molar-refractivity contribution in [2.24, 2.45) is 5.10 Å². The van der Waals surface area contributed by atoms with Crippen LogP contribution < -0.4 is 23.7 Å². The molecule has 9 nitrogen and oxygen atoms in total. The Bertz CT molecular complexity index is 960. The lowest BCUT2D eigenvalue weighted by Gasteiger charge is -2.21. The predicted octanol–water partition coefficient (Wildman–Crippen LogP) is 2.70. The van der Waals surface area contributed by atoms with E-state index in [0.29, 0.717) is 34.3 Å². The highest BCUT2D eigenvalue weighted by atomic mass is 16.7. The summed E-state index contributed by atoms with van der Waals surface area (Å²) < 4.78 is 33.0. The van der Waals surface area contributed by atoms with Crippen LogP contribution in [-0.2, 0) is 9.53 Å². The molecule has 1 unspecified atom stereocenters. The van der Waals surface area contributed by atoms with Gasteiger partial charge in [-0.2, -0.15) is 5.01 Å². The number of amides is 1. The van der Waals surface area contributed by atoms with Crippen molar-refractivity contribution in [3.63, 3.8) is 0 Å². The highest BCUT2D eigenvalue weighted by Crippen LogP contribution is 2.37. The molecule has 0 radical (unpaired) electrons. The van der Waals surface area contributed by atoms with Gasteiger partial charge in [0.05, 0.1) is 19.8 Å². The van der Waals surface area contributed by atoms with Crippen LogP contribution in [0.1, 0.15) is 18.7 Å². The maximum absolute atomic E-state index is 12.1. The molecule has 0 aliphatic carbocycles. The highest BCUT2D eigenvalue weighted by molar-refractivity contribution is 5.84. The number of nitrogens with zero attached hydrogens (tertiary/aromatic N) is 2. The third kappa shape index (κ3) is 3.71. The maximum atomic E-state index is 12.1. The van der Waals surface area contributed by atoms with Crippen LogP contribution in [0.4, 0.5) is 0 Å². The summed E-state index contributed by atoms with van der Waals surface area (Å²) >= 11 is 0. The van der Waals surface area contributed by atoms with Gasteiger partial charge in [0, 0.05) is 13.0 Å². The Morgan fingerprint density at radius 2 is 1.90 bits per heavy atom. The van der Waals surface area contributed by atoms with Crippen molar-refractivity contribution in [1.82, 2.24) is 5.01 Å². The van der Waals surface area contributed by atoms with E-state index in [-0.39, 0.29) is 25.2 Å². The zero-order valence-electron chi connectivity index (χ0n) is 16.2. The molecule has 152 valence electrons. The van der Waals surface area contributed by atoms with Crippen molar-refractivity contribution in [1.29, 1.82) is 0 Å². The molecular formula is C20H20N2O7. The van der Waals surface area contributed by atoms with Gasteiger partial charge in [-0.3, -0.25) is 4.79 Å². The summed E-state index contributed by atoms with van der Waals surface area (Å²) in [6, 6.07) is 10.5. The average molecular weight is 400 g/mol. The minimum Gasteiger partial charge on any atom is -0.497 e. The van der Waals surface area contributed by atoms with E-state index < -0.39 is 6.23 Å². The smallest absolute Gasteiger partial charge is 0.247 e. The molecule has 2 aliphatic rings. The quantitative estimate of drug-likeness (QED) is 0.737. The van der Waals surface area contributed by atoms with E-state index in [4.69, 9.17) is 28.4 Å². The fraction of sp³-hybridized carbons (Fsp3) is 0.300. The lowest BCUT2D eigenvalue weighted by Crippen LogP contribution is -2.25. The summed E-state index contributed by atoms with van der Waals surface area (Å²) in [5.74, 6) is 2.98. The van der Waals surface area contributed by atoms with E-state index in [1.54, 1.807) is 50.6 Å². The van der Waals surface area contributed by atoms with Crippen molar-refractivity contribution in [2.75, 3.05) is 27.6 Å². The number of carbonyl (C=O) groups is 1. The molecule has 2 aromatic rings. The molecule has 0 aromatic heterocycles. The number of rotatable bonds is 6.